The molecule has 0 aliphatic carbocycles. The third kappa shape index (κ3) is 4.19. The number of hydrogen-bond donors (Lipinski definition) is 1. The molecule has 0 spiro atoms. The molecule has 5 nitrogen and oxygen atoms in total. The van der Waals surface area contributed by atoms with E-state index in [1.54, 1.807) is 11.0 Å². The van der Waals surface area contributed by atoms with Crippen molar-refractivity contribution in [2.24, 2.45) is 11.7 Å². The lowest BCUT2D eigenvalue weighted by Gasteiger charge is -2.18. The lowest BCUT2D eigenvalue weighted by Crippen LogP contribution is -2.29. The second-order valence-corrected chi connectivity index (χ2v) is 6.47. The summed E-state index contributed by atoms with van der Waals surface area (Å²) in [6, 6.07) is 14.2. The van der Waals surface area contributed by atoms with Crippen molar-refractivity contribution in [1.82, 2.24) is 4.90 Å². The standard InChI is InChI=1S/C20H22F2N2O3/c1-26-17-8-7-14(9-18(17)27-20(21)22)19(25)24-11-15(10-23)16(12-24)13-5-3-2-4-6-13/h2-9,15-16,20H,10-12,23H2,1H3/t15-,16+/m1/s1. The molecule has 144 valence electrons. The number of hydrogen-bond acceptors (Lipinski definition) is 4. The van der Waals surface area contributed by atoms with Gasteiger partial charge in [-0.3, -0.25) is 4.79 Å². The van der Waals surface area contributed by atoms with Gasteiger partial charge in [0.05, 0.1) is 7.11 Å². The minimum atomic E-state index is -3.00. The second kappa shape index (κ2) is 8.35. The fourth-order valence-electron chi connectivity index (χ4n) is 3.53. The number of carbonyl (C=O) groups excluding carboxylic acids is 1. The molecular formula is C20H22F2N2O3. The molecule has 7 heteroatoms. The summed E-state index contributed by atoms with van der Waals surface area (Å²) in [4.78, 5) is 14.6. The molecule has 27 heavy (non-hydrogen) atoms. The van der Waals surface area contributed by atoms with Gasteiger partial charge in [0.1, 0.15) is 0 Å². The van der Waals surface area contributed by atoms with Gasteiger partial charge in [-0.1, -0.05) is 30.3 Å². The highest BCUT2D eigenvalue weighted by atomic mass is 19.3. The third-order valence-electron chi connectivity index (χ3n) is 4.89. The molecule has 1 amide bonds. The van der Waals surface area contributed by atoms with Crippen LogP contribution < -0.4 is 15.2 Å². The zero-order chi connectivity index (χ0) is 19.4. The zero-order valence-corrected chi connectivity index (χ0v) is 15.0. The molecule has 1 saturated heterocycles. The highest BCUT2D eigenvalue weighted by molar-refractivity contribution is 5.95. The first-order chi connectivity index (χ1) is 13.0. The van der Waals surface area contributed by atoms with Gasteiger partial charge in [-0.15, -0.1) is 0 Å². The van der Waals surface area contributed by atoms with E-state index in [4.69, 9.17) is 10.5 Å². The number of alkyl halides is 2. The van der Waals surface area contributed by atoms with Crippen molar-refractivity contribution < 1.29 is 23.0 Å². The first-order valence-electron chi connectivity index (χ1n) is 8.70. The average molecular weight is 376 g/mol. The molecular weight excluding hydrogens is 354 g/mol. The molecule has 1 heterocycles. The van der Waals surface area contributed by atoms with Crippen LogP contribution in [0.2, 0.25) is 0 Å². The van der Waals surface area contributed by atoms with Crippen LogP contribution in [-0.2, 0) is 0 Å². The van der Waals surface area contributed by atoms with Crippen LogP contribution in [0.4, 0.5) is 8.78 Å². The molecule has 2 N–H and O–H groups in total. The zero-order valence-electron chi connectivity index (χ0n) is 15.0. The summed E-state index contributed by atoms with van der Waals surface area (Å²) >= 11 is 0. The Morgan fingerprint density at radius 3 is 2.56 bits per heavy atom. The highest BCUT2D eigenvalue weighted by Gasteiger charge is 2.35. The van der Waals surface area contributed by atoms with Crippen molar-refractivity contribution >= 4 is 5.91 Å². The Balaban J connectivity index is 1.81. The van der Waals surface area contributed by atoms with Crippen molar-refractivity contribution in [3.05, 3.63) is 59.7 Å². The van der Waals surface area contributed by atoms with Crippen LogP contribution in [0.25, 0.3) is 0 Å². The van der Waals surface area contributed by atoms with E-state index in [9.17, 15) is 13.6 Å². The molecule has 0 bridgehead atoms. The van der Waals surface area contributed by atoms with Gasteiger partial charge >= 0.3 is 6.61 Å². The first-order valence-corrected chi connectivity index (χ1v) is 8.70. The Morgan fingerprint density at radius 1 is 1.19 bits per heavy atom. The Hall–Kier alpha value is -2.67. The van der Waals surface area contributed by atoms with Crippen molar-refractivity contribution in [2.75, 3.05) is 26.7 Å². The molecule has 3 rings (SSSR count). The van der Waals surface area contributed by atoms with E-state index < -0.39 is 6.61 Å². The monoisotopic (exact) mass is 376 g/mol. The van der Waals surface area contributed by atoms with Gasteiger partial charge in [-0.25, -0.2) is 0 Å². The third-order valence-corrected chi connectivity index (χ3v) is 4.89. The molecule has 1 fully saturated rings. The molecule has 2 aromatic rings. The van der Waals surface area contributed by atoms with Gasteiger partial charge in [-0.2, -0.15) is 8.78 Å². The first kappa shape index (κ1) is 19.1. The largest absolute Gasteiger partial charge is 0.493 e. The Kier molecular flexibility index (Phi) is 5.91. The number of methoxy groups -OCH3 is 1. The maximum absolute atomic E-state index is 12.9. The maximum atomic E-state index is 12.9. The van der Waals surface area contributed by atoms with Crippen LogP contribution in [0.3, 0.4) is 0 Å². The SMILES string of the molecule is COc1ccc(C(=O)N2C[C@@H](CN)[C@H](c3ccccc3)C2)cc1OC(F)F. The summed E-state index contributed by atoms with van der Waals surface area (Å²) in [7, 11) is 1.35. The molecule has 2 atom stereocenters. The van der Waals surface area contributed by atoms with Gasteiger partial charge < -0.3 is 20.1 Å². The second-order valence-electron chi connectivity index (χ2n) is 6.47. The number of ether oxygens (including phenoxy) is 2. The van der Waals surface area contributed by atoms with Gasteiger partial charge in [0.25, 0.3) is 5.91 Å². The normalized spacial score (nSPS) is 19.4. The quantitative estimate of drug-likeness (QED) is 0.841. The lowest BCUT2D eigenvalue weighted by atomic mass is 9.89. The number of amides is 1. The predicted octanol–water partition coefficient (Wildman–Crippen LogP) is 3.11. The summed E-state index contributed by atoms with van der Waals surface area (Å²) in [6.07, 6.45) is 0. The predicted molar refractivity (Wildman–Crippen MR) is 97.3 cm³/mol. The summed E-state index contributed by atoms with van der Waals surface area (Å²) in [5.74, 6) is 0.0398. The molecule has 0 radical (unpaired) electrons. The Bertz CT molecular complexity index is 786. The average Bonchev–Trinajstić information content (AvgIpc) is 3.12. The van der Waals surface area contributed by atoms with Crippen LogP contribution in [0.5, 0.6) is 11.5 Å². The fraction of sp³-hybridized carbons (Fsp3) is 0.350. The van der Waals surface area contributed by atoms with Gasteiger partial charge in [-0.05, 0) is 36.2 Å². The minimum Gasteiger partial charge on any atom is -0.493 e. The number of halogens is 2. The number of benzene rings is 2. The van der Waals surface area contributed by atoms with Gasteiger partial charge in [0.15, 0.2) is 11.5 Å². The van der Waals surface area contributed by atoms with E-state index in [0.29, 0.717) is 19.6 Å². The summed E-state index contributed by atoms with van der Waals surface area (Å²) in [6.45, 7) is -1.49. The number of carbonyl (C=O) groups is 1. The van der Waals surface area contributed by atoms with E-state index in [1.807, 2.05) is 30.3 Å². The van der Waals surface area contributed by atoms with Gasteiger partial charge in [0.2, 0.25) is 0 Å². The van der Waals surface area contributed by atoms with Crippen LogP contribution in [0.1, 0.15) is 21.8 Å². The minimum absolute atomic E-state index is 0.145. The van der Waals surface area contributed by atoms with E-state index in [1.165, 1.54) is 19.2 Å². The number of likely N-dealkylation sites (tertiary alicyclic amines) is 1. The van der Waals surface area contributed by atoms with E-state index in [0.717, 1.165) is 5.56 Å². The van der Waals surface area contributed by atoms with Crippen LogP contribution in [0.15, 0.2) is 48.5 Å². The van der Waals surface area contributed by atoms with Crippen LogP contribution in [-0.4, -0.2) is 44.2 Å². The van der Waals surface area contributed by atoms with Crippen molar-refractivity contribution in [1.29, 1.82) is 0 Å². The number of rotatable bonds is 6. The Labute approximate surface area is 156 Å². The molecule has 1 aliphatic heterocycles. The lowest BCUT2D eigenvalue weighted by molar-refractivity contribution is -0.0512. The molecule has 1 aliphatic rings. The highest BCUT2D eigenvalue weighted by Crippen LogP contribution is 2.34. The summed E-state index contributed by atoms with van der Waals surface area (Å²) in [5, 5.41) is 0. The molecule has 0 saturated carbocycles. The molecule has 0 aromatic heterocycles. The van der Waals surface area contributed by atoms with Crippen LogP contribution >= 0.6 is 0 Å². The van der Waals surface area contributed by atoms with Gasteiger partial charge in [0, 0.05) is 24.6 Å². The Morgan fingerprint density at radius 2 is 1.93 bits per heavy atom. The number of nitrogens with two attached hydrogens (primary N) is 1. The van der Waals surface area contributed by atoms with E-state index >= 15 is 0 Å². The van der Waals surface area contributed by atoms with Crippen LogP contribution in [0, 0.1) is 5.92 Å². The number of nitrogens with zero attached hydrogens (tertiary/aromatic N) is 1. The van der Waals surface area contributed by atoms with Crippen molar-refractivity contribution in [3.8, 4) is 11.5 Å². The smallest absolute Gasteiger partial charge is 0.387 e. The summed E-state index contributed by atoms with van der Waals surface area (Å²) in [5.41, 5.74) is 7.33. The van der Waals surface area contributed by atoms with E-state index in [2.05, 4.69) is 4.74 Å². The molecule has 2 aromatic carbocycles. The van der Waals surface area contributed by atoms with Crippen molar-refractivity contribution in [3.63, 3.8) is 0 Å². The maximum Gasteiger partial charge on any atom is 0.387 e. The van der Waals surface area contributed by atoms with Crippen molar-refractivity contribution in [2.45, 2.75) is 12.5 Å². The summed E-state index contributed by atoms with van der Waals surface area (Å²) < 4.78 is 34.7. The van der Waals surface area contributed by atoms with E-state index in [-0.39, 0.29) is 34.8 Å². The topological polar surface area (TPSA) is 64.8 Å². The fourth-order valence-corrected chi connectivity index (χ4v) is 3.53. The molecule has 0 unspecified atom stereocenters.